The molecule has 1 atom stereocenters. The Labute approximate surface area is 98.3 Å². The van der Waals surface area contributed by atoms with Crippen molar-refractivity contribution >= 4 is 17.6 Å². The summed E-state index contributed by atoms with van der Waals surface area (Å²) in [6.45, 7) is 0. The number of halogens is 2. The Balaban J connectivity index is 2.69. The van der Waals surface area contributed by atoms with Gasteiger partial charge in [0.15, 0.2) is 0 Å². The van der Waals surface area contributed by atoms with Crippen molar-refractivity contribution in [3.05, 3.63) is 34.6 Å². The predicted octanol–water partition coefficient (Wildman–Crippen LogP) is 2.43. The first kappa shape index (κ1) is 12.9. The molecule has 1 aromatic carbocycles. The summed E-state index contributed by atoms with van der Waals surface area (Å²) in [5, 5.41) is 0.0138. The number of hydrogen-bond acceptors (Lipinski definition) is 3. The van der Waals surface area contributed by atoms with Gasteiger partial charge in [-0.3, -0.25) is 4.79 Å². The number of carbonyl (C=O) groups is 1. The van der Waals surface area contributed by atoms with Gasteiger partial charge >= 0.3 is 5.97 Å². The minimum absolute atomic E-state index is 0.0138. The molecule has 0 heterocycles. The van der Waals surface area contributed by atoms with Crippen LogP contribution in [0.2, 0.25) is 5.02 Å². The first-order valence-corrected chi connectivity index (χ1v) is 5.20. The van der Waals surface area contributed by atoms with E-state index < -0.39 is 11.9 Å². The van der Waals surface area contributed by atoms with Crippen LogP contribution in [0.25, 0.3) is 0 Å². The number of methoxy groups -OCH3 is 1. The van der Waals surface area contributed by atoms with Gasteiger partial charge in [0, 0.05) is 12.5 Å². The molecule has 0 fully saturated rings. The van der Waals surface area contributed by atoms with Gasteiger partial charge in [0.1, 0.15) is 5.82 Å². The standard InChI is InChI=1S/C11H13ClFNO2/c1-16-10(15)6-5-9(14)7-3-2-4-8(13)11(7)12/h2-4,9H,5-6,14H2,1H3. The normalized spacial score (nSPS) is 12.2. The Bertz CT molecular complexity index is 384. The van der Waals surface area contributed by atoms with E-state index in [1.165, 1.54) is 19.2 Å². The van der Waals surface area contributed by atoms with Crippen LogP contribution in [0.3, 0.4) is 0 Å². The summed E-state index contributed by atoms with van der Waals surface area (Å²) >= 11 is 5.77. The van der Waals surface area contributed by atoms with Gasteiger partial charge < -0.3 is 10.5 Å². The van der Waals surface area contributed by atoms with E-state index in [4.69, 9.17) is 17.3 Å². The molecule has 0 saturated heterocycles. The lowest BCUT2D eigenvalue weighted by molar-refractivity contribution is -0.140. The number of nitrogens with two attached hydrogens (primary N) is 1. The minimum atomic E-state index is -0.507. The van der Waals surface area contributed by atoms with E-state index in [-0.39, 0.29) is 17.4 Å². The molecule has 0 saturated carbocycles. The molecule has 0 bridgehead atoms. The van der Waals surface area contributed by atoms with Gasteiger partial charge in [0.25, 0.3) is 0 Å². The van der Waals surface area contributed by atoms with Crippen molar-refractivity contribution in [2.24, 2.45) is 5.73 Å². The summed E-state index contributed by atoms with van der Waals surface area (Å²) < 4.78 is 17.6. The van der Waals surface area contributed by atoms with E-state index in [2.05, 4.69) is 4.74 Å². The summed E-state index contributed by atoms with van der Waals surface area (Å²) in [5.41, 5.74) is 6.31. The molecule has 0 amide bonds. The van der Waals surface area contributed by atoms with Crippen LogP contribution in [0.5, 0.6) is 0 Å². The average Bonchev–Trinajstić information content (AvgIpc) is 2.29. The summed E-state index contributed by atoms with van der Waals surface area (Å²) in [4.78, 5) is 10.9. The molecule has 3 nitrogen and oxygen atoms in total. The third kappa shape index (κ3) is 3.18. The summed E-state index contributed by atoms with van der Waals surface area (Å²) in [6.07, 6.45) is 0.556. The highest BCUT2D eigenvalue weighted by atomic mass is 35.5. The van der Waals surface area contributed by atoms with E-state index in [9.17, 15) is 9.18 Å². The SMILES string of the molecule is COC(=O)CCC(N)c1cccc(F)c1Cl. The van der Waals surface area contributed by atoms with Crippen LogP contribution in [-0.4, -0.2) is 13.1 Å². The van der Waals surface area contributed by atoms with E-state index in [0.717, 1.165) is 0 Å². The Hall–Kier alpha value is -1.13. The maximum Gasteiger partial charge on any atom is 0.305 e. The van der Waals surface area contributed by atoms with Crippen LogP contribution in [0.1, 0.15) is 24.4 Å². The fraction of sp³-hybridized carbons (Fsp3) is 0.364. The van der Waals surface area contributed by atoms with Gasteiger partial charge in [-0.15, -0.1) is 0 Å². The Morgan fingerprint density at radius 2 is 2.31 bits per heavy atom. The van der Waals surface area contributed by atoms with Gasteiger partial charge in [-0.05, 0) is 18.1 Å². The molecule has 88 valence electrons. The molecular weight excluding hydrogens is 233 g/mol. The number of carbonyl (C=O) groups excluding carboxylic acids is 1. The van der Waals surface area contributed by atoms with Gasteiger partial charge in [-0.2, -0.15) is 0 Å². The smallest absolute Gasteiger partial charge is 0.305 e. The van der Waals surface area contributed by atoms with Crippen molar-refractivity contribution in [3.63, 3.8) is 0 Å². The molecule has 0 aromatic heterocycles. The van der Waals surface area contributed by atoms with Crippen molar-refractivity contribution in [2.45, 2.75) is 18.9 Å². The molecule has 1 aromatic rings. The molecule has 0 aliphatic rings. The fourth-order valence-corrected chi connectivity index (χ4v) is 1.60. The maximum absolute atomic E-state index is 13.1. The second-order valence-corrected chi connectivity index (χ2v) is 3.74. The van der Waals surface area contributed by atoms with Gasteiger partial charge in [0.05, 0.1) is 12.1 Å². The van der Waals surface area contributed by atoms with Crippen LogP contribution < -0.4 is 5.73 Å². The third-order valence-electron chi connectivity index (χ3n) is 2.27. The van der Waals surface area contributed by atoms with Crippen LogP contribution in [0, 0.1) is 5.82 Å². The van der Waals surface area contributed by atoms with Crippen molar-refractivity contribution in [1.82, 2.24) is 0 Å². The molecular formula is C11H13ClFNO2. The molecule has 0 aliphatic heterocycles. The van der Waals surface area contributed by atoms with Crippen molar-refractivity contribution < 1.29 is 13.9 Å². The summed E-state index contributed by atoms with van der Waals surface area (Å²) in [5.74, 6) is -0.851. The lowest BCUT2D eigenvalue weighted by Gasteiger charge is -2.13. The van der Waals surface area contributed by atoms with Crippen LogP contribution >= 0.6 is 11.6 Å². The molecule has 0 radical (unpaired) electrons. The van der Waals surface area contributed by atoms with Gasteiger partial charge in [-0.1, -0.05) is 23.7 Å². The lowest BCUT2D eigenvalue weighted by atomic mass is 10.0. The zero-order valence-electron chi connectivity index (χ0n) is 8.87. The molecule has 1 rings (SSSR count). The first-order valence-electron chi connectivity index (χ1n) is 4.82. The second kappa shape index (κ2) is 5.82. The lowest BCUT2D eigenvalue weighted by Crippen LogP contribution is -2.13. The number of ether oxygens (including phenoxy) is 1. The van der Waals surface area contributed by atoms with Gasteiger partial charge in [-0.25, -0.2) is 4.39 Å². The maximum atomic E-state index is 13.1. The van der Waals surface area contributed by atoms with Crippen LogP contribution in [0.15, 0.2) is 18.2 Å². The van der Waals surface area contributed by atoms with E-state index in [0.29, 0.717) is 12.0 Å². The number of benzene rings is 1. The Morgan fingerprint density at radius 1 is 1.62 bits per heavy atom. The Morgan fingerprint density at radius 3 is 2.94 bits per heavy atom. The van der Waals surface area contributed by atoms with E-state index in [1.807, 2.05) is 0 Å². The van der Waals surface area contributed by atoms with Crippen molar-refractivity contribution in [2.75, 3.05) is 7.11 Å². The van der Waals surface area contributed by atoms with E-state index in [1.54, 1.807) is 6.07 Å². The molecule has 0 aliphatic carbocycles. The average molecular weight is 246 g/mol. The largest absolute Gasteiger partial charge is 0.469 e. The topological polar surface area (TPSA) is 52.3 Å². The highest BCUT2D eigenvalue weighted by Gasteiger charge is 2.14. The second-order valence-electron chi connectivity index (χ2n) is 3.36. The molecule has 5 heteroatoms. The number of hydrogen-bond donors (Lipinski definition) is 1. The Kier molecular flexibility index (Phi) is 4.71. The molecule has 1 unspecified atom stereocenters. The molecule has 2 N–H and O–H groups in total. The quantitative estimate of drug-likeness (QED) is 0.829. The fourth-order valence-electron chi connectivity index (χ4n) is 1.34. The number of rotatable bonds is 4. The minimum Gasteiger partial charge on any atom is -0.469 e. The van der Waals surface area contributed by atoms with E-state index >= 15 is 0 Å². The van der Waals surface area contributed by atoms with Crippen molar-refractivity contribution in [3.8, 4) is 0 Å². The zero-order valence-corrected chi connectivity index (χ0v) is 9.63. The first-order chi connectivity index (χ1) is 7.56. The summed E-state index contributed by atoms with van der Waals surface area (Å²) in [7, 11) is 1.31. The molecule has 0 spiro atoms. The summed E-state index contributed by atoms with van der Waals surface area (Å²) in [6, 6.07) is 3.98. The predicted molar refractivity (Wildman–Crippen MR) is 59.6 cm³/mol. The van der Waals surface area contributed by atoms with Crippen LogP contribution in [0.4, 0.5) is 4.39 Å². The molecule has 16 heavy (non-hydrogen) atoms. The zero-order chi connectivity index (χ0) is 12.1. The van der Waals surface area contributed by atoms with Crippen molar-refractivity contribution in [1.29, 1.82) is 0 Å². The third-order valence-corrected chi connectivity index (χ3v) is 2.67. The van der Waals surface area contributed by atoms with Gasteiger partial charge in [0.2, 0.25) is 0 Å². The van der Waals surface area contributed by atoms with Crippen LogP contribution in [-0.2, 0) is 9.53 Å². The highest BCUT2D eigenvalue weighted by molar-refractivity contribution is 6.31. The number of esters is 1. The highest BCUT2D eigenvalue weighted by Crippen LogP contribution is 2.26. The monoisotopic (exact) mass is 245 g/mol.